The second kappa shape index (κ2) is 10.9. The van der Waals surface area contributed by atoms with Crippen molar-refractivity contribution >= 4 is 52.5 Å². The summed E-state index contributed by atoms with van der Waals surface area (Å²) < 4.78 is 11.2. The van der Waals surface area contributed by atoms with Gasteiger partial charge in [-0.15, -0.1) is 0 Å². The van der Waals surface area contributed by atoms with Crippen LogP contribution in [0.25, 0.3) is 6.08 Å². The van der Waals surface area contributed by atoms with Crippen LogP contribution in [0.2, 0.25) is 15.1 Å². The van der Waals surface area contributed by atoms with E-state index in [2.05, 4.69) is 5.32 Å². The minimum absolute atomic E-state index is 0.109. The normalized spacial score (nSPS) is 10.9. The lowest BCUT2D eigenvalue weighted by atomic mass is 10.1. The third-order valence-corrected chi connectivity index (χ3v) is 5.26. The summed E-state index contributed by atoms with van der Waals surface area (Å²) in [5.41, 5.74) is 1.70. The largest absolute Gasteiger partial charge is 0.493 e. The molecule has 0 bridgehead atoms. The highest BCUT2D eigenvalue weighted by Gasteiger charge is 2.15. The van der Waals surface area contributed by atoms with Gasteiger partial charge < -0.3 is 14.8 Å². The molecule has 0 saturated heterocycles. The molecule has 0 aliphatic heterocycles. The molecule has 0 aliphatic rings. The molecule has 1 amide bonds. The Labute approximate surface area is 200 Å². The maximum atomic E-state index is 12.5. The Hall–Kier alpha value is -3.17. The topological polar surface area (TPSA) is 71.3 Å². The smallest absolute Gasteiger partial charge is 0.266 e. The molecule has 0 spiro atoms. The molecule has 162 valence electrons. The van der Waals surface area contributed by atoms with Crippen LogP contribution in [0.4, 0.5) is 5.69 Å². The van der Waals surface area contributed by atoms with Crippen LogP contribution in [0.15, 0.2) is 66.2 Å². The number of nitrogens with zero attached hydrogens (tertiary/aromatic N) is 1. The molecular formula is C24H17Cl3N2O3. The maximum absolute atomic E-state index is 12.5. The van der Waals surface area contributed by atoms with Crippen LogP contribution in [-0.2, 0) is 11.4 Å². The summed E-state index contributed by atoms with van der Waals surface area (Å²) in [5, 5.41) is 13.5. The number of hydrogen-bond acceptors (Lipinski definition) is 4. The molecule has 8 heteroatoms. The quantitative estimate of drug-likeness (QED) is 0.294. The van der Waals surface area contributed by atoms with Crippen molar-refractivity contribution in [3.63, 3.8) is 0 Å². The zero-order valence-electron chi connectivity index (χ0n) is 16.9. The molecule has 0 saturated carbocycles. The fourth-order valence-corrected chi connectivity index (χ4v) is 3.37. The lowest BCUT2D eigenvalue weighted by Crippen LogP contribution is -2.13. The summed E-state index contributed by atoms with van der Waals surface area (Å²) in [6.45, 7) is 0.192. The van der Waals surface area contributed by atoms with E-state index in [0.29, 0.717) is 32.8 Å². The van der Waals surface area contributed by atoms with Crippen molar-refractivity contribution in [2.45, 2.75) is 6.61 Å². The molecule has 0 fully saturated rings. The molecule has 0 unspecified atom stereocenters. The fourth-order valence-electron chi connectivity index (χ4n) is 2.78. The second-order valence-electron chi connectivity index (χ2n) is 6.55. The van der Waals surface area contributed by atoms with Gasteiger partial charge in [-0.1, -0.05) is 53.0 Å². The third-order valence-electron chi connectivity index (χ3n) is 4.36. The lowest BCUT2D eigenvalue weighted by molar-refractivity contribution is -0.112. The van der Waals surface area contributed by atoms with Crippen LogP contribution in [0.1, 0.15) is 11.1 Å². The predicted octanol–water partition coefficient (Wildman–Crippen LogP) is 6.78. The van der Waals surface area contributed by atoms with E-state index in [4.69, 9.17) is 44.3 Å². The Morgan fingerprint density at radius 2 is 1.78 bits per heavy atom. The van der Waals surface area contributed by atoms with Crippen LogP contribution in [0.5, 0.6) is 11.5 Å². The number of ether oxygens (including phenoxy) is 2. The summed E-state index contributed by atoms with van der Waals surface area (Å²) in [6, 6.07) is 19.0. The highest BCUT2D eigenvalue weighted by molar-refractivity contribution is 6.32. The van der Waals surface area contributed by atoms with Gasteiger partial charge in [-0.3, -0.25) is 4.79 Å². The van der Waals surface area contributed by atoms with E-state index in [9.17, 15) is 10.1 Å². The van der Waals surface area contributed by atoms with Crippen LogP contribution in [-0.4, -0.2) is 13.0 Å². The highest BCUT2D eigenvalue weighted by atomic mass is 35.5. The van der Waals surface area contributed by atoms with E-state index < -0.39 is 5.91 Å². The van der Waals surface area contributed by atoms with E-state index >= 15 is 0 Å². The van der Waals surface area contributed by atoms with Crippen molar-refractivity contribution in [3.8, 4) is 17.6 Å². The number of hydrogen-bond donors (Lipinski definition) is 1. The van der Waals surface area contributed by atoms with Crippen LogP contribution in [0.3, 0.4) is 0 Å². The summed E-state index contributed by atoms with van der Waals surface area (Å²) in [4.78, 5) is 12.5. The van der Waals surface area contributed by atoms with E-state index in [1.807, 2.05) is 24.3 Å². The molecule has 3 aromatic rings. The summed E-state index contributed by atoms with van der Waals surface area (Å²) in [7, 11) is 1.47. The first kappa shape index (κ1) is 23.5. The fraction of sp³-hybridized carbons (Fsp3) is 0.0833. The number of carbonyl (C=O) groups is 1. The molecule has 0 atom stereocenters. The summed E-state index contributed by atoms with van der Waals surface area (Å²) >= 11 is 18.4. The molecule has 0 heterocycles. The van der Waals surface area contributed by atoms with Gasteiger partial charge >= 0.3 is 0 Å². The molecule has 3 aromatic carbocycles. The Morgan fingerprint density at radius 1 is 1.06 bits per heavy atom. The van der Waals surface area contributed by atoms with E-state index in [1.54, 1.807) is 42.5 Å². The number of carbonyl (C=O) groups excluding carboxylic acids is 1. The van der Waals surface area contributed by atoms with E-state index in [-0.39, 0.29) is 17.2 Å². The first-order valence-corrected chi connectivity index (χ1v) is 10.5. The van der Waals surface area contributed by atoms with Crippen LogP contribution in [0, 0.1) is 11.3 Å². The minimum Gasteiger partial charge on any atom is -0.493 e. The molecule has 5 nitrogen and oxygen atoms in total. The van der Waals surface area contributed by atoms with E-state index in [0.717, 1.165) is 5.56 Å². The van der Waals surface area contributed by atoms with Gasteiger partial charge in [0.05, 0.1) is 12.1 Å². The average Bonchev–Trinajstić information content (AvgIpc) is 2.78. The van der Waals surface area contributed by atoms with Crippen molar-refractivity contribution in [1.82, 2.24) is 0 Å². The van der Waals surface area contributed by atoms with Crippen molar-refractivity contribution in [2.75, 3.05) is 12.4 Å². The Bertz CT molecular complexity index is 1200. The van der Waals surface area contributed by atoms with Gasteiger partial charge in [-0.2, -0.15) is 5.26 Å². The summed E-state index contributed by atoms with van der Waals surface area (Å²) in [5.74, 6) is 0.116. The summed E-state index contributed by atoms with van der Waals surface area (Å²) in [6.07, 6.45) is 1.41. The van der Waals surface area contributed by atoms with Crippen LogP contribution >= 0.6 is 34.8 Å². The molecular weight excluding hydrogens is 471 g/mol. The second-order valence-corrected chi connectivity index (χ2v) is 7.80. The number of amides is 1. The van der Waals surface area contributed by atoms with Gasteiger partial charge in [0.25, 0.3) is 5.91 Å². The van der Waals surface area contributed by atoms with Gasteiger partial charge in [0.2, 0.25) is 0 Å². The van der Waals surface area contributed by atoms with Gasteiger partial charge in [0.1, 0.15) is 18.2 Å². The number of methoxy groups -OCH3 is 1. The molecule has 32 heavy (non-hydrogen) atoms. The molecule has 0 aliphatic carbocycles. The predicted molar refractivity (Wildman–Crippen MR) is 127 cm³/mol. The molecule has 0 radical (unpaired) electrons. The first-order valence-electron chi connectivity index (χ1n) is 9.33. The Kier molecular flexibility index (Phi) is 8.02. The monoisotopic (exact) mass is 486 g/mol. The van der Waals surface area contributed by atoms with Crippen molar-refractivity contribution in [2.24, 2.45) is 0 Å². The lowest BCUT2D eigenvalue weighted by Gasteiger charge is -2.14. The first-order chi connectivity index (χ1) is 15.4. The van der Waals surface area contributed by atoms with Gasteiger partial charge in [-0.25, -0.2) is 0 Å². The number of nitriles is 1. The number of benzene rings is 3. The zero-order chi connectivity index (χ0) is 23.1. The van der Waals surface area contributed by atoms with Crippen molar-refractivity contribution in [3.05, 3.63) is 92.4 Å². The Morgan fingerprint density at radius 3 is 2.44 bits per heavy atom. The van der Waals surface area contributed by atoms with Gasteiger partial charge in [0.15, 0.2) is 11.5 Å². The third kappa shape index (κ3) is 5.95. The minimum atomic E-state index is -0.566. The Balaban J connectivity index is 1.82. The molecule has 1 N–H and O–H groups in total. The highest BCUT2D eigenvalue weighted by Crippen LogP contribution is 2.38. The average molecular weight is 488 g/mol. The number of nitrogens with one attached hydrogen (secondary N) is 1. The maximum Gasteiger partial charge on any atom is 0.266 e. The zero-order valence-corrected chi connectivity index (χ0v) is 19.1. The van der Waals surface area contributed by atoms with Crippen molar-refractivity contribution in [1.29, 1.82) is 5.26 Å². The number of anilines is 1. The molecule has 0 aromatic heterocycles. The standard InChI is InChI=1S/C24H17Cl3N2O3/c1-31-22-12-15(10-17(13-28)24(30)29-19-8-6-18(25)7-9-19)11-21(27)23(22)32-14-16-4-2-3-5-20(16)26/h2-12H,14H2,1H3,(H,29,30)/b17-10-. The molecule has 3 rings (SSSR count). The number of halogens is 3. The van der Waals surface area contributed by atoms with E-state index in [1.165, 1.54) is 13.2 Å². The van der Waals surface area contributed by atoms with Gasteiger partial charge in [-0.05, 0) is 54.1 Å². The van der Waals surface area contributed by atoms with Crippen molar-refractivity contribution < 1.29 is 14.3 Å². The number of rotatable bonds is 7. The van der Waals surface area contributed by atoms with Crippen LogP contribution < -0.4 is 14.8 Å². The SMILES string of the molecule is COc1cc(/C=C(/C#N)C(=O)Nc2ccc(Cl)cc2)cc(Cl)c1OCc1ccccc1Cl. The van der Waals surface area contributed by atoms with Gasteiger partial charge in [0, 0.05) is 21.3 Å².